The van der Waals surface area contributed by atoms with Crippen LogP contribution in [0.1, 0.15) is 31.0 Å². The van der Waals surface area contributed by atoms with E-state index in [1.165, 1.54) is 0 Å². The summed E-state index contributed by atoms with van der Waals surface area (Å²) in [5, 5.41) is 12.8. The lowest BCUT2D eigenvalue weighted by atomic mass is 10.0. The smallest absolute Gasteiger partial charge is 0.121 e. The van der Waals surface area contributed by atoms with Crippen molar-refractivity contribution in [1.29, 1.82) is 0 Å². The third-order valence-corrected chi connectivity index (χ3v) is 2.78. The van der Waals surface area contributed by atoms with Gasteiger partial charge < -0.3 is 15.2 Å². The van der Waals surface area contributed by atoms with Crippen LogP contribution in [0.25, 0.3) is 0 Å². The summed E-state index contributed by atoms with van der Waals surface area (Å²) < 4.78 is 5.23. The van der Waals surface area contributed by atoms with Crippen LogP contribution in [0.4, 0.5) is 0 Å². The lowest BCUT2D eigenvalue weighted by Gasteiger charge is -2.19. The molecule has 17 heavy (non-hydrogen) atoms. The SMILES string of the molecule is COc1ccc(C(CO)NCC(C)C)cc1C. The van der Waals surface area contributed by atoms with E-state index in [0.29, 0.717) is 5.92 Å². The molecule has 0 aliphatic rings. The second kappa shape index (κ2) is 6.62. The number of hydrogen-bond acceptors (Lipinski definition) is 3. The average Bonchev–Trinajstić information content (AvgIpc) is 2.29. The van der Waals surface area contributed by atoms with E-state index in [0.717, 1.165) is 23.4 Å². The zero-order valence-electron chi connectivity index (χ0n) is 11.2. The predicted molar refractivity (Wildman–Crippen MR) is 70.4 cm³/mol. The molecule has 3 heteroatoms. The van der Waals surface area contributed by atoms with Gasteiger partial charge >= 0.3 is 0 Å². The Labute approximate surface area is 104 Å². The van der Waals surface area contributed by atoms with Gasteiger partial charge in [-0.2, -0.15) is 0 Å². The molecule has 0 aliphatic heterocycles. The second-order valence-corrected chi connectivity index (χ2v) is 4.77. The Balaban J connectivity index is 2.78. The maximum Gasteiger partial charge on any atom is 0.121 e. The van der Waals surface area contributed by atoms with Crippen LogP contribution in [0.15, 0.2) is 18.2 Å². The van der Waals surface area contributed by atoms with Crippen molar-refractivity contribution in [2.45, 2.75) is 26.8 Å². The molecule has 1 unspecified atom stereocenters. The minimum Gasteiger partial charge on any atom is -0.496 e. The topological polar surface area (TPSA) is 41.5 Å². The van der Waals surface area contributed by atoms with Gasteiger partial charge in [-0.3, -0.25) is 0 Å². The van der Waals surface area contributed by atoms with Gasteiger partial charge in [0.1, 0.15) is 5.75 Å². The summed E-state index contributed by atoms with van der Waals surface area (Å²) in [5.74, 6) is 1.46. The first kappa shape index (κ1) is 14.0. The Kier molecular flexibility index (Phi) is 5.45. The van der Waals surface area contributed by atoms with Crippen molar-refractivity contribution in [1.82, 2.24) is 5.32 Å². The van der Waals surface area contributed by atoms with Crippen molar-refractivity contribution in [3.8, 4) is 5.75 Å². The zero-order valence-corrected chi connectivity index (χ0v) is 11.2. The van der Waals surface area contributed by atoms with Crippen molar-refractivity contribution in [2.75, 3.05) is 20.3 Å². The van der Waals surface area contributed by atoms with Gasteiger partial charge in [0.05, 0.1) is 19.8 Å². The molecule has 0 radical (unpaired) electrons. The first-order chi connectivity index (χ1) is 8.08. The molecule has 96 valence electrons. The highest BCUT2D eigenvalue weighted by Crippen LogP contribution is 2.22. The molecule has 0 heterocycles. The fraction of sp³-hybridized carbons (Fsp3) is 0.571. The zero-order chi connectivity index (χ0) is 12.8. The molecular formula is C14H23NO2. The van der Waals surface area contributed by atoms with E-state index in [4.69, 9.17) is 4.74 Å². The molecule has 0 bridgehead atoms. The molecule has 0 aromatic heterocycles. The van der Waals surface area contributed by atoms with Crippen molar-refractivity contribution < 1.29 is 9.84 Å². The first-order valence-corrected chi connectivity index (χ1v) is 6.07. The lowest BCUT2D eigenvalue weighted by Crippen LogP contribution is -2.28. The number of aliphatic hydroxyl groups is 1. The van der Waals surface area contributed by atoms with E-state index in [1.54, 1.807) is 7.11 Å². The fourth-order valence-corrected chi connectivity index (χ4v) is 1.78. The second-order valence-electron chi connectivity index (χ2n) is 4.77. The molecule has 0 fully saturated rings. The molecular weight excluding hydrogens is 214 g/mol. The Bertz CT molecular complexity index is 350. The molecule has 1 aromatic carbocycles. The van der Waals surface area contributed by atoms with E-state index < -0.39 is 0 Å². The van der Waals surface area contributed by atoms with Gasteiger partial charge in [0.25, 0.3) is 0 Å². The quantitative estimate of drug-likeness (QED) is 0.797. The summed E-state index contributed by atoms with van der Waals surface area (Å²) >= 11 is 0. The average molecular weight is 237 g/mol. The molecule has 1 rings (SSSR count). The summed E-state index contributed by atoms with van der Waals surface area (Å²) in [4.78, 5) is 0. The third kappa shape index (κ3) is 4.02. The summed E-state index contributed by atoms with van der Waals surface area (Å²) in [5.41, 5.74) is 2.20. The van der Waals surface area contributed by atoms with E-state index in [-0.39, 0.29) is 12.6 Å². The highest BCUT2D eigenvalue weighted by Gasteiger charge is 2.11. The summed E-state index contributed by atoms with van der Waals surface area (Å²) in [6.45, 7) is 7.33. The normalized spacial score (nSPS) is 12.8. The van der Waals surface area contributed by atoms with Gasteiger partial charge in [-0.15, -0.1) is 0 Å². The molecule has 0 saturated carbocycles. The number of ether oxygens (including phenoxy) is 1. The monoisotopic (exact) mass is 237 g/mol. The highest BCUT2D eigenvalue weighted by molar-refractivity contribution is 5.37. The third-order valence-electron chi connectivity index (χ3n) is 2.78. The van der Waals surface area contributed by atoms with Crippen molar-refractivity contribution >= 4 is 0 Å². The van der Waals surface area contributed by atoms with Crippen LogP contribution in [0.5, 0.6) is 5.75 Å². The summed E-state index contributed by atoms with van der Waals surface area (Å²) in [6, 6.07) is 6.01. The molecule has 1 aromatic rings. The minimum atomic E-state index is 0.00186. The number of aryl methyl sites for hydroxylation is 1. The Hall–Kier alpha value is -1.06. The van der Waals surface area contributed by atoms with Crippen LogP contribution < -0.4 is 10.1 Å². The minimum absolute atomic E-state index is 0.00186. The molecule has 2 N–H and O–H groups in total. The van der Waals surface area contributed by atoms with Crippen LogP contribution in [0, 0.1) is 12.8 Å². The van der Waals surface area contributed by atoms with Crippen LogP contribution in [0.2, 0.25) is 0 Å². The highest BCUT2D eigenvalue weighted by atomic mass is 16.5. The van der Waals surface area contributed by atoms with Crippen LogP contribution in [0.3, 0.4) is 0 Å². The number of nitrogens with one attached hydrogen (secondary N) is 1. The number of methoxy groups -OCH3 is 1. The fourth-order valence-electron chi connectivity index (χ4n) is 1.78. The molecule has 0 spiro atoms. The largest absolute Gasteiger partial charge is 0.496 e. The van der Waals surface area contributed by atoms with E-state index in [1.807, 2.05) is 19.1 Å². The van der Waals surface area contributed by atoms with E-state index in [2.05, 4.69) is 25.2 Å². The van der Waals surface area contributed by atoms with Crippen LogP contribution in [-0.2, 0) is 0 Å². The van der Waals surface area contributed by atoms with Crippen molar-refractivity contribution in [3.63, 3.8) is 0 Å². The van der Waals surface area contributed by atoms with Crippen molar-refractivity contribution in [2.24, 2.45) is 5.92 Å². The Morgan fingerprint density at radius 2 is 2.06 bits per heavy atom. The number of benzene rings is 1. The molecule has 1 atom stereocenters. The number of hydrogen-bond donors (Lipinski definition) is 2. The van der Waals surface area contributed by atoms with Gasteiger partial charge in [0, 0.05) is 0 Å². The van der Waals surface area contributed by atoms with Crippen LogP contribution >= 0.6 is 0 Å². The predicted octanol–water partition coefficient (Wildman–Crippen LogP) is 2.28. The summed E-state index contributed by atoms with van der Waals surface area (Å²) in [7, 11) is 1.67. The Morgan fingerprint density at radius 1 is 1.35 bits per heavy atom. The van der Waals surface area contributed by atoms with E-state index in [9.17, 15) is 5.11 Å². The maximum atomic E-state index is 9.42. The summed E-state index contributed by atoms with van der Waals surface area (Å²) in [6.07, 6.45) is 0. The van der Waals surface area contributed by atoms with Gasteiger partial charge in [-0.05, 0) is 36.6 Å². The number of rotatable bonds is 6. The van der Waals surface area contributed by atoms with Gasteiger partial charge in [0.15, 0.2) is 0 Å². The van der Waals surface area contributed by atoms with Gasteiger partial charge in [-0.1, -0.05) is 26.0 Å². The van der Waals surface area contributed by atoms with Crippen LogP contribution in [-0.4, -0.2) is 25.4 Å². The standard InChI is InChI=1S/C14H23NO2/c1-10(2)8-15-13(9-16)12-5-6-14(17-4)11(3)7-12/h5-7,10,13,15-16H,8-9H2,1-4H3. The first-order valence-electron chi connectivity index (χ1n) is 6.07. The molecule has 3 nitrogen and oxygen atoms in total. The molecule has 0 aliphatic carbocycles. The lowest BCUT2D eigenvalue weighted by molar-refractivity contribution is 0.241. The Morgan fingerprint density at radius 3 is 2.53 bits per heavy atom. The molecule has 0 amide bonds. The van der Waals surface area contributed by atoms with E-state index >= 15 is 0 Å². The van der Waals surface area contributed by atoms with Gasteiger partial charge in [0.2, 0.25) is 0 Å². The van der Waals surface area contributed by atoms with Crippen molar-refractivity contribution in [3.05, 3.63) is 29.3 Å². The van der Waals surface area contributed by atoms with Gasteiger partial charge in [-0.25, -0.2) is 0 Å². The molecule has 0 saturated heterocycles. The number of aliphatic hydroxyl groups excluding tert-OH is 1. The maximum absolute atomic E-state index is 9.42.